The minimum atomic E-state index is -0.414. The van der Waals surface area contributed by atoms with E-state index in [9.17, 15) is 4.79 Å². The van der Waals surface area contributed by atoms with Crippen LogP contribution < -0.4 is 16.8 Å². The molecule has 0 spiro atoms. The van der Waals surface area contributed by atoms with E-state index in [1.165, 1.54) is 0 Å². The monoisotopic (exact) mass is 313 g/mol. The largest absolute Gasteiger partial charge is 0.445 e. The molecule has 0 bridgehead atoms. The van der Waals surface area contributed by atoms with Gasteiger partial charge in [-0.2, -0.15) is 0 Å². The van der Waals surface area contributed by atoms with Gasteiger partial charge in [0.2, 0.25) is 0 Å². The van der Waals surface area contributed by atoms with Crippen LogP contribution in [0.25, 0.3) is 0 Å². The predicted octanol–water partition coefficient (Wildman–Crippen LogP) is 2.07. The molecule has 5 N–H and O–H groups in total. The second kappa shape index (κ2) is 8.92. The fraction of sp³-hybridized carbons (Fsp3) is 0.278. The summed E-state index contributed by atoms with van der Waals surface area (Å²) in [7, 11) is 0. The van der Waals surface area contributed by atoms with Crippen LogP contribution in [0, 0.1) is 0 Å². The molecule has 0 saturated heterocycles. The van der Waals surface area contributed by atoms with E-state index in [4.69, 9.17) is 16.2 Å². The Labute approximate surface area is 136 Å². The molecule has 2 rings (SSSR count). The fourth-order valence-corrected chi connectivity index (χ4v) is 2.30. The van der Waals surface area contributed by atoms with Crippen molar-refractivity contribution in [2.45, 2.75) is 26.1 Å². The number of ether oxygens (including phenoxy) is 1. The van der Waals surface area contributed by atoms with Crippen molar-refractivity contribution < 1.29 is 9.53 Å². The third kappa shape index (κ3) is 5.73. The Bertz CT molecular complexity index is 607. The molecule has 0 aliphatic heterocycles. The van der Waals surface area contributed by atoms with E-state index in [0.717, 1.165) is 22.3 Å². The molecule has 0 aliphatic rings. The van der Waals surface area contributed by atoms with Gasteiger partial charge >= 0.3 is 6.09 Å². The normalized spacial score (nSPS) is 10.3. The standard InChI is InChI=1S/C18H23N3O2/c19-11-16-8-15(9-17(10-16)12-20)6-7-21-18(22)23-13-14-4-2-1-3-5-14/h1-5,8-10H,6-7,11-13,19-20H2,(H,21,22). The Hall–Kier alpha value is -2.37. The van der Waals surface area contributed by atoms with Gasteiger partial charge in [-0.15, -0.1) is 0 Å². The van der Waals surface area contributed by atoms with Gasteiger partial charge in [-0.1, -0.05) is 48.5 Å². The van der Waals surface area contributed by atoms with Crippen LogP contribution in [0.2, 0.25) is 0 Å². The third-order valence-corrected chi connectivity index (χ3v) is 3.48. The number of nitrogens with two attached hydrogens (primary N) is 2. The van der Waals surface area contributed by atoms with Gasteiger partial charge in [-0.3, -0.25) is 0 Å². The molecular formula is C18H23N3O2. The Balaban J connectivity index is 1.77. The van der Waals surface area contributed by atoms with E-state index >= 15 is 0 Å². The van der Waals surface area contributed by atoms with Crippen molar-refractivity contribution in [3.8, 4) is 0 Å². The first kappa shape index (κ1) is 17.0. The Morgan fingerprint density at radius 2 is 1.52 bits per heavy atom. The molecule has 5 heteroatoms. The van der Waals surface area contributed by atoms with E-state index in [0.29, 0.717) is 26.1 Å². The summed E-state index contributed by atoms with van der Waals surface area (Å²) >= 11 is 0. The highest BCUT2D eigenvalue weighted by Gasteiger charge is 2.04. The number of hydrogen-bond donors (Lipinski definition) is 3. The van der Waals surface area contributed by atoms with E-state index in [2.05, 4.69) is 5.32 Å². The lowest BCUT2D eigenvalue weighted by atomic mass is 10.0. The molecule has 5 nitrogen and oxygen atoms in total. The smallest absolute Gasteiger partial charge is 0.407 e. The molecule has 0 saturated carbocycles. The Morgan fingerprint density at radius 1 is 0.913 bits per heavy atom. The van der Waals surface area contributed by atoms with Crippen molar-refractivity contribution in [2.75, 3.05) is 6.54 Å². The highest BCUT2D eigenvalue weighted by atomic mass is 16.5. The van der Waals surface area contributed by atoms with Gasteiger partial charge in [0.05, 0.1) is 0 Å². The van der Waals surface area contributed by atoms with Crippen molar-refractivity contribution in [3.63, 3.8) is 0 Å². The van der Waals surface area contributed by atoms with Crippen LogP contribution >= 0.6 is 0 Å². The van der Waals surface area contributed by atoms with Crippen molar-refractivity contribution in [3.05, 3.63) is 70.8 Å². The summed E-state index contributed by atoms with van der Waals surface area (Å²) in [5.41, 5.74) is 15.5. The van der Waals surface area contributed by atoms with E-state index in [-0.39, 0.29) is 6.61 Å². The molecule has 23 heavy (non-hydrogen) atoms. The number of benzene rings is 2. The van der Waals surface area contributed by atoms with Crippen LogP contribution in [-0.2, 0) is 30.9 Å². The molecule has 0 aliphatic carbocycles. The van der Waals surface area contributed by atoms with Crippen LogP contribution in [0.15, 0.2) is 48.5 Å². The van der Waals surface area contributed by atoms with Crippen LogP contribution in [0.3, 0.4) is 0 Å². The number of hydrogen-bond acceptors (Lipinski definition) is 4. The molecule has 1 amide bonds. The second-order valence-electron chi connectivity index (χ2n) is 5.30. The molecule has 2 aromatic rings. The first-order valence-corrected chi connectivity index (χ1v) is 7.67. The summed E-state index contributed by atoms with van der Waals surface area (Å²) in [5.74, 6) is 0. The maximum atomic E-state index is 11.7. The summed E-state index contributed by atoms with van der Waals surface area (Å²) in [6.45, 7) is 1.74. The minimum Gasteiger partial charge on any atom is -0.445 e. The molecule has 0 radical (unpaired) electrons. The number of amides is 1. The summed E-state index contributed by atoms with van der Waals surface area (Å²) in [6.07, 6.45) is 0.296. The van der Waals surface area contributed by atoms with Gasteiger partial charge in [0.25, 0.3) is 0 Å². The van der Waals surface area contributed by atoms with Crippen molar-refractivity contribution in [1.29, 1.82) is 0 Å². The summed E-state index contributed by atoms with van der Waals surface area (Å²) in [4.78, 5) is 11.7. The number of alkyl carbamates (subject to hydrolysis) is 1. The molecular weight excluding hydrogens is 290 g/mol. The van der Waals surface area contributed by atoms with Gasteiger partial charge in [-0.25, -0.2) is 4.79 Å². The lowest BCUT2D eigenvalue weighted by Crippen LogP contribution is -2.26. The zero-order valence-electron chi connectivity index (χ0n) is 13.1. The number of carbonyl (C=O) groups excluding carboxylic acids is 1. The van der Waals surface area contributed by atoms with Gasteiger partial charge < -0.3 is 21.5 Å². The fourth-order valence-electron chi connectivity index (χ4n) is 2.30. The average Bonchev–Trinajstić information content (AvgIpc) is 2.60. The molecule has 0 heterocycles. The van der Waals surface area contributed by atoms with Crippen molar-refractivity contribution in [1.82, 2.24) is 5.32 Å². The van der Waals surface area contributed by atoms with E-state index in [1.54, 1.807) is 0 Å². The van der Waals surface area contributed by atoms with Crippen LogP contribution in [0.1, 0.15) is 22.3 Å². The summed E-state index contributed by atoms with van der Waals surface area (Å²) in [6, 6.07) is 15.7. The topological polar surface area (TPSA) is 90.4 Å². The predicted molar refractivity (Wildman–Crippen MR) is 90.6 cm³/mol. The lowest BCUT2D eigenvalue weighted by molar-refractivity contribution is 0.140. The van der Waals surface area contributed by atoms with Gasteiger partial charge in [0, 0.05) is 19.6 Å². The first-order valence-electron chi connectivity index (χ1n) is 7.67. The SMILES string of the molecule is NCc1cc(CN)cc(CCNC(=O)OCc2ccccc2)c1. The Morgan fingerprint density at radius 3 is 2.13 bits per heavy atom. The second-order valence-corrected chi connectivity index (χ2v) is 5.30. The highest BCUT2D eigenvalue weighted by Crippen LogP contribution is 2.10. The Kier molecular flexibility index (Phi) is 6.59. The van der Waals surface area contributed by atoms with Crippen LogP contribution in [-0.4, -0.2) is 12.6 Å². The van der Waals surface area contributed by atoms with Gasteiger partial charge in [-0.05, 0) is 28.7 Å². The van der Waals surface area contributed by atoms with E-state index < -0.39 is 6.09 Å². The van der Waals surface area contributed by atoms with E-state index in [1.807, 2.05) is 48.5 Å². The highest BCUT2D eigenvalue weighted by molar-refractivity contribution is 5.67. The average molecular weight is 313 g/mol. The summed E-state index contributed by atoms with van der Waals surface area (Å²) in [5, 5.41) is 2.75. The number of nitrogens with one attached hydrogen (secondary N) is 1. The minimum absolute atomic E-state index is 0.270. The molecule has 0 unspecified atom stereocenters. The molecule has 122 valence electrons. The quantitative estimate of drug-likeness (QED) is 0.730. The van der Waals surface area contributed by atoms with Crippen LogP contribution in [0.5, 0.6) is 0 Å². The molecule has 0 atom stereocenters. The molecule has 2 aromatic carbocycles. The van der Waals surface area contributed by atoms with Gasteiger partial charge in [0.15, 0.2) is 0 Å². The molecule has 0 fully saturated rings. The number of rotatable bonds is 7. The summed E-state index contributed by atoms with van der Waals surface area (Å²) < 4.78 is 5.17. The van der Waals surface area contributed by atoms with Crippen molar-refractivity contribution >= 4 is 6.09 Å². The lowest BCUT2D eigenvalue weighted by Gasteiger charge is -2.09. The maximum Gasteiger partial charge on any atom is 0.407 e. The zero-order valence-corrected chi connectivity index (χ0v) is 13.1. The number of carbonyl (C=O) groups is 1. The van der Waals surface area contributed by atoms with Crippen molar-refractivity contribution in [2.24, 2.45) is 11.5 Å². The first-order chi connectivity index (χ1) is 11.2. The van der Waals surface area contributed by atoms with Crippen LogP contribution in [0.4, 0.5) is 4.79 Å². The molecule has 0 aromatic heterocycles. The zero-order chi connectivity index (χ0) is 16.5. The van der Waals surface area contributed by atoms with Gasteiger partial charge in [0.1, 0.15) is 6.61 Å². The third-order valence-electron chi connectivity index (χ3n) is 3.48. The maximum absolute atomic E-state index is 11.7.